The summed E-state index contributed by atoms with van der Waals surface area (Å²) in [4.78, 5) is 36.7. The Morgan fingerprint density at radius 2 is 1.59 bits per heavy atom. The van der Waals surface area contributed by atoms with E-state index in [1.54, 1.807) is 25.1 Å². The Bertz CT molecular complexity index is 627. The van der Waals surface area contributed by atoms with Gasteiger partial charge in [-0.1, -0.05) is 6.92 Å². The van der Waals surface area contributed by atoms with Crippen molar-refractivity contribution in [3.8, 4) is 5.75 Å². The normalized spacial score (nSPS) is 10.1. The van der Waals surface area contributed by atoms with Crippen LogP contribution in [0.1, 0.15) is 33.1 Å². The summed E-state index contributed by atoms with van der Waals surface area (Å²) in [5.41, 5.74) is 1.29. The monoisotopic (exact) mass is 380 g/mol. The first-order valence-electron chi connectivity index (χ1n) is 8.90. The average Bonchev–Trinajstić information content (AvgIpc) is 2.68. The van der Waals surface area contributed by atoms with E-state index < -0.39 is 0 Å². The van der Waals surface area contributed by atoms with Crippen LogP contribution in [0.5, 0.6) is 5.75 Å². The van der Waals surface area contributed by atoms with E-state index in [1.165, 1.54) is 14.2 Å². The third kappa shape index (κ3) is 7.55. The van der Waals surface area contributed by atoms with Crippen LogP contribution in [0.4, 0.5) is 11.4 Å². The molecule has 0 saturated heterocycles. The second-order valence-electron chi connectivity index (χ2n) is 5.66. The molecule has 1 aromatic carbocycles. The van der Waals surface area contributed by atoms with Crippen LogP contribution in [0.3, 0.4) is 0 Å². The average molecular weight is 380 g/mol. The van der Waals surface area contributed by atoms with Gasteiger partial charge in [-0.3, -0.25) is 14.4 Å². The topological polar surface area (TPSA) is 94.2 Å². The number of nitrogens with one attached hydrogen (secondary N) is 1. The fourth-order valence-corrected chi connectivity index (χ4v) is 2.38. The number of ether oxygens (including phenoxy) is 3. The van der Waals surface area contributed by atoms with E-state index in [4.69, 9.17) is 14.2 Å². The van der Waals surface area contributed by atoms with Crippen molar-refractivity contribution in [2.45, 2.75) is 33.1 Å². The number of carbonyl (C=O) groups excluding carboxylic acids is 3. The summed E-state index contributed by atoms with van der Waals surface area (Å²) in [5, 5.41) is 2.80. The van der Waals surface area contributed by atoms with E-state index in [9.17, 15) is 14.4 Å². The van der Waals surface area contributed by atoms with Gasteiger partial charge in [0.05, 0.1) is 39.4 Å². The number of anilines is 2. The van der Waals surface area contributed by atoms with Gasteiger partial charge in [-0.25, -0.2) is 0 Å². The lowest BCUT2D eigenvalue weighted by Crippen LogP contribution is -2.30. The zero-order valence-corrected chi connectivity index (χ0v) is 16.4. The Morgan fingerprint density at radius 3 is 2.07 bits per heavy atom. The number of carbonyl (C=O) groups is 3. The Morgan fingerprint density at radius 1 is 1.00 bits per heavy atom. The molecule has 0 atom stereocenters. The third-order valence-electron chi connectivity index (χ3n) is 3.83. The van der Waals surface area contributed by atoms with Gasteiger partial charge in [-0.05, 0) is 25.1 Å². The molecule has 8 heteroatoms. The van der Waals surface area contributed by atoms with Gasteiger partial charge in [0.15, 0.2) is 0 Å². The number of methoxy groups -OCH3 is 2. The third-order valence-corrected chi connectivity index (χ3v) is 3.83. The molecule has 0 unspecified atom stereocenters. The molecule has 0 heterocycles. The van der Waals surface area contributed by atoms with Gasteiger partial charge in [0, 0.05) is 25.2 Å². The van der Waals surface area contributed by atoms with Crippen molar-refractivity contribution >= 4 is 29.2 Å². The summed E-state index contributed by atoms with van der Waals surface area (Å²) < 4.78 is 15.1. The number of rotatable bonds is 11. The standard InChI is InChI=1S/C19H28N2O6/c1-5-17(22)20-14-7-8-16(27-6-2)15(13-14)21(11-9-18(23)25-3)12-10-19(24)26-4/h7-8,13H,5-6,9-12H2,1-4H3,(H,20,22). The number of esters is 2. The fourth-order valence-electron chi connectivity index (χ4n) is 2.38. The maximum Gasteiger partial charge on any atom is 0.307 e. The molecule has 0 fully saturated rings. The first-order valence-corrected chi connectivity index (χ1v) is 8.90. The van der Waals surface area contributed by atoms with E-state index >= 15 is 0 Å². The molecule has 0 aliphatic heterocycles. The van der Waals surface area contributed by atoms with E-state index in [0.29, 0.717) is 43.2 Å². The van der Waals surface area contributed by atoms with Crippen molar-refractivity contribution in [1.82, 2.24) is 0 Å². The van der Waals surface area contributed by atoms with Crippen LogP contribution in [-0.2, 0) is 23.9 Å². The molecular formula is C19H28N2O6. The van der Waals surface area contributed by atoms with E-state index in [-0.39, 0.29) is 30.7 Å². The molecule has 1 aromatic rings. The highest BCUT2D eigenvalue weighted by atomic mass is 16.5. The van der Waals surface area contributed by atoms with E-state index in [0.717, 1.165) is 0 Å². The van der Waals surface area contributed by atoms with Crippen LogP contribution in [0.25, 0.3) is 0 Å². The Kier molecular flexibility index (Phi) is 9.71. The number of benzene rings is 1. The predicted molar refractivity (Wildman–Crippen MR) is 102 cm³/mol. The Labute approximate surface area is 159 Å². The molecule has 0 aliphatic carbocycles. The van der Waals surface area contributed by atoms with E-state index in [2.05, 4.69) is 5.32 Å². The zero-order chi connectivity index (χ0) is 20.2. The van der Waals surface area contributed by atoms with Crippen LogP contribution in [0, 0.1) is 0 Å². The van der Waals surface area contributed by atoms with Crippen LogP contribution < -0.4 is 15.0 Å². The maximum atomic E-state index is 11.7. The molecule has 0 aliphatic rings. The largest absolute Gasteiger partial charge is 0.492 e. The van der Waals surface area contributed by atoms with Crippen molar-refractivity contribution < 1.29 is 28.6 Å². The quantitative estimate of drug-likeness (QED) is 0.589. The molecule has 0 aromatic heterocycles. The van der Waals surface area contributed by atoms with Crippen LogP contribution >= 0.6 is 0 Å². The summed E-state index contributed by atoms with van der Waals surface area (Å²) in [6.07, 6.45) is 0.653. The number of amides is 1. The molecule has 1 N–H and O–H groups in total. The molecule has 0 saturated carbocycles. The molecular weight excluding hydrogens is 352 g/mol. The van der Waals surface area contributed by atoms with Gasteiger partial charge in [0.1, 0.15) is 5.75 Å². The van der Waals surface area contributed by atoms with Gasteiger partial charge in [-0.15, -0.1) is 0 Å². The smallest absolute Gasteiger partial charge is 0.307 e. The Balaban J connectivity index is 3.15. The molecule has 1 rings (SSSR count). The molecule has 0 spiro atoms. The molecule has 150 valence electrons. The van der Waals surface area contributed by atoms with Crippen LogP contribution in [0.2, 0.25) is 0 Å². The van der Waals surface area contributed by atoms with Crippen molar-refractivity contribution in [2.75, 3.05) is 44.1 Å². The lowest BCUT2D eigenvalue weighted by Gasteiger charge is -2.27. The second kappa shape index (κ2) is 11.8. The highest BCUT2D eigenvalue weighted by molar-refractivity contribution is 5.91. The van der Waals surface area contributed by atoms with Crippen molar-refractivity contribution in [1.29, 1.82) is 0 Å². The lowest BCUT2D eigenvalue weighted by atomic mass is 10.2. The zero-order valence-electron chi connectivity index (χ0n) is 16.4. The predicted octanol–water partition coefficient (Wildman–Crippen LogP) is 2.37. The van der Waals surface area contributed by atoms with Crippen LogP contribution in [-0.4, -0.2) is 51.8 Å². The summed E-state index contributed by atoms with van der Waals surface area (Å²) in [7, 11) is 2.65. The second-order valence-corrected chi connectivity index (χ2v) is 5.66. The summed E-state index contributed by atoms with van der Waals surface area (Å²) in [6, 6.07) is 5.28. The maximum absolute atomic E-state index is 11.7. The summed E-state index contributed by atoms with van der Waals surface area (Å²) in [5.74, 6) is -0.222. The summed E-state index contributed by atoms with van der Waals surface area (Å²) in [6.45, 7) is 4.74. The Hall–Kier alpha value is -2.77. The van der Waals surface area contributed by atoms with Gasteiger partial charge in [-0.2, -0.15) is 0 Å². The van der Waals surface area contributed by atoms with Crippen molar-refractivity contribution in [2.24, 2.45) is 0 Å². The molecule has 27 heavy (non-hydrogen) atoms. The van der Waals surface area contributed by atoms with Crippen molar-refractivity contribution in [3.05, 3.63) is 18.2 Å². The van der Waals surface area contributed by atoms with Gasteiger partial charge in [0.2, 0.25) is 5.91 Å². The molecule has 0 bridgehead atoms. The first-order chi connectivity index (χ1) is 12.9. The first kappa shape index (κ1) is 22.3. The summed E-state index contributed by atoms with van der Waals surface area (Å²) >= 11 is 0. The lowest BCUT2D eigenvalue weighted by molar-refractivity contribution is -0.140. The van der Waals surface area contributed by atoms with Gasteiger partial charge >= 0.3 is 11.9 Å². The van der Waals surface area contributed by atoms with Crippen LogP contribution in [0.15, 0.2) is 18.2 Å². The minimum atomic E-state index is -0.355. The van der Waals surface area contributed by atoms with Crippen molar-refractivity contribution in [3.63, 3.8) is 0 Å². The molecule has 8 nitrogen and oxygen atoms in total. The SMILES string of the molecule is CCOc1ccc(NC(=O)CC)cc1N(CCC(=O)OC)CCC(=O)OC. The number of hydrogen-bond acceptors (Lipinski definition) is 7. The highest BCUT2D eigenvalue weighted by Gasteiger charge is 2.17. The van der Waals surface area contributed by atoms with Gasteiger partial charge < -0.3 is 24.4 Å². The fraction of sp³-hybridized carbons (Fsp3) is 0.526. The number of hydrogen-bond donors (Lipinski definition) is 1. The van der Waals surface area contributed by atoms with Gasteiger partial charge in [0.25, 0.3) is 0 Å². The number of nitrogens with zero attached hydrogens (tertiary/aromatic N) is 1. The minimum Gasteiger partial charge on any atom is -0.492 e. The van der Waals surface area contributed by atoms with E-state index in [1.807, 2.05) is 11.8 Å². The molecule has 1 amide bonds. The molecule has 0 radical (unpaired) electrons. The minimum absolute atomic E-state index is 0.110. The highest BCUT2D eigenvalue weighted by Crippen LogP contribution is 2.32.